The number of thiocarbonyl (C=S) groups is 1. The molecule has 1 aliphatic rings. The summed E-state index contributed by atoms with van der Waals surface area (Å²) in [7, 11) is 1.51. The molecular formula is C12H20N2O4S. The molecule has 0 aromatic heterocycles. The number of carbonyl (C=O) groups is 2. The number of carboxylic acid groups (broad SMARTS) is 1. The minimum atomic E-state index is -0.930. The highest BCUT2D eigenvalue weighted by Crippen LogP contribution is 2.14. The lowest BCUT2D eigenvalue weighted by molar-refractivity contribution is -0.137. The maximum absolute atomic E-state index is 11.4. The molecule has 1 fully saturated rings. The summed E-state index contributed by atoms with van der Waals surface area (Å²) in [5, 5.41) is 15.2. The van der Waals surface area contributed by atoms with E-state index in [-0.39, 0.29) is 30.8 Å². The first-order valence-electron chi connectivity index (χ1n) is 6.33. The molecule has 0 spiro atoms. The molecule has 0 aromatic rings. The largest absolute Gasteiger partial charge is 0.489 e. The van der Waals surface area contributed by atoms with Crippen molar-refractivity contribution in [1.82, 2.24) is 10.6 Å². The van der Waals surface area contributed by atoms with E-state index in [0.717, 1.165) is 12.8 Å². The molecule has 0 aromatic carbocycles. The molecule has 0 bridgehead atoms. The van der Waals surface area contributed by atoms with Crippen molar-refractivity contribution in [2.45, 2.75) is 50.7 Å². The Morgan fingerprint density at radius 2 is 2.37 bits per heavy atom. The van der Waals surface area contributed by atoms with Gasteiger partial charge in [-0.2, -0.15) is 0 Å². The smallest absolute Gasteiger partial charge is 0.305 e. The summed E-state index contributed by atoms with van der Waals surface area (Å²) in [5.74, 6) is -1.07. The second-order valence-electron chi connectivity index (χ2n) is 4.61. The lowest BCUT2D eigenvalue weighted by Crippen LogP contribution is -2.49. The van der Waals surface area contributed by atoms with Gasteiger partial charge < -0.3 is 20.5 Å². The van der Waals surface area contributed by atoms with Crippen LogP contribution < -0.4 is 10.6 Å². The number of aliphatic carboxylic acids is 1. The van der Waals surface area contributed by atoms with E-state index in [4.69, 9.17) is 22.1 Å². The number of hydrogen-bond acceptors (Lipinski definition) is 5. The molecule has 1 aliphatic heterocycles. The summed E-state index contributed by atoms with van der Waals surface area (Å²) < 4.78 is 5.07. The minimum Gasteiger partial charge on any atom is -0.489 e. The van der Waals surface area contributed by atoms with Gasteiger partial charge in [0.2, 0.25) is 5.91 Å². The fraction of sp³-hybridized carbons (Fsp3) is 0.750. The van der Waals surface area contributed by atoms with E-state index in [9.17, 15) is 9.59 Å². The van der Waals surface area contributed by atoms with Crippen molar-refractivity contribution in [3.8, 4) is 0 Å². The number of hydrogen-bond donors (Lipinski definition) is 3. The van der Waals surface area contributed by atoms with Crippen LogP contribution in [0.15, 0.2) is 0 Å². The average Bonchev–Trinajstić information content (AvgIpc) is 2.67. The van der Waals surface area contributed by atoms with Crippen molar-refractivity contribution in [3.05, 3.63) is 0 Å². The Morgan fingerprint density at radius 1 is 1.68 bits per heavy atom. The molecular weight excluding hydrogens is 268 g/mol. The van der Waals surface area contributed by atoms with Crippen LogP contribution in [-0.4, -0.2) is 47.3 Å². The molecule has 19 heavy (non-hydrogen) atoms. The van der Waals surface area contributed by atoms with Crippen LogP contribution in [0.2, 0.25) is 0 Å². The maximum Gasteiger partial charge on any atom is 0.305 e. The van der Waals surface area contributed by atoms with E-state index in [1.807, 2.05) is 6.92 Å². The number of ether oxygens (including phenoxy) is 1. The van der Waals surface area contributed by atoms with Crippen LogP contribution in [0.5, 0.6) is 0 Å². The summed E-state index contributed by atoms with van der Waals surface area (Å²) in [6.45, 7) is 2.03. The summed E-state index contributed by atoms with van der Waals surface area (Å²) in [4.78, 5) is 22.2. The fourth-order valence-corrected chi connectivity index (χ4v) is 2.41. The Balaban J connectivity index is 2.67. The third-order valence-corrected chi connectivity index (χ3v) is 3.56. The highest BCUT2D eigenvalue weighted by atomic mass is 32.1. The third-order valence-electron chi connectivity index (χ3n) is 3.11. The quantitative estimate of drug-likeness (QED) is 0.590. The Labute approximate surface area is 117 Å². The van der Waals surface area contributed by atoms with Crippen LogP contribution in [0.3, 0.4) is 0 Å². The van der Waals surface area contributed by atoms with E-state index in [0.29, 0.717) is 5.05 Å². The first-order chi connectivity index (χ1) is 8.97. The number of methoxy groups -OCH3 is 1. The molecule has 1 rings (SSSR count). The zero-order valence-corrected chi connectivity index (χ0v) is 12.0. The van der Waals surface area contributed by atoms with Crippen LogP contribution >= 0.6 is 12.2 Å². The number of carbonyl (C=O) groups excluding carboxylic acids is 1. The summed E-state index contributed by atoms with van der Waals surface area (Å²) in [6, 6.07) is -0.767. The monoisotopic (exact) mass is 288 g/mol. The number of nitrogens with one attached hydrogen (secondary N) is 2. The summed E-state index contributed by atoms with van der Waals surface area (Å²) >= 11 is 5.13. The van der Waals surface area contributed by atoms with Crippen molar-refractivity contribution < 1.29 is 19.4 Å². The molecule has 0 unspecified atom stereocenters. The summed E-state index contributed by atoms with van der Waals surface area (Å²) in [6.07, 6.45) is 1.88. The van der Waals surface area contributed by atoms with Crippen molar-refractivity contribution in [2.24, 2.45) is 0 Å². The molecule has 1 heterocycles. The van der Waals surface area contributed by atoms with E-state index in [2.05, 4.69) is 10.6 Å². The van der Waals surface area contributed by atoms with Gasteiger partial charge in [-0.25, -0.2) is 0 Å². The van der Waals surface area contributed by atoms with Crippen LogP contribution in [0.4, 0.5) is 0 Å². The fourth-order valence-electron chi connectivity index (χ4n) is 2.22. The van der Waals surface area contributed by atoms with Gasteiger partial charge in [-0.15, -0.1) is 0 Å². The molecule has 0 saturated carbocycles. The predicted octanol–water partition coefficient (Wildman–Crippen LogP) is 0.450. The molecule has 6 nitrogen and oxygen atoms in total. The molecule has 7 heteroatoms. The van der Waals surface area contributed by atoms with Crippen molar-refractivity contribution >= 4 is 29.1 Å². The van der Waals surface area contributed by atoms with E-state index < -0.39 is 12.0 Å². The first-order valence-corrected chi connectivity index (χ1v) is 6.73. The summed E-state index contributed by atoms with van der Waals surface area (Å²) in [5.41, 5.74) is 0. The number of carboxylic acids is 1. The normalized spacial score (nSPS) is 23.8. The molecule has 1 amide bonds. The van der Waals surface area contributed by atoms with Gasteiger partial charge in [0.25, 0.3) is 0 Å². The van der Waals surface area contributed by atoms with Gasteiger partial charge in [-0.1, -0.05) is 13.3 Å². The number of amides is 1. The topological polar surface area (TPSA) is 87.7 Å². The van der Waals surface area contributed by atoms with Crippen LogP contribution in [-0.2, 0) is 14.3 Å². The van der Waals surface area contributed by atoms with Gasteiger partial charge in [-0.05, 0) is 18.6 Å². The molecule has 0 radical (unpaired) electrons. The molecule has 0 aliphatic carbocycles. The van der Waals surface area contributed by atoms with E-state index in [1.54, 1.807) is 0 Å². The number of rotatable bonds is 7. The van der Waals surface area contributed by atoms with Gasteiger partial charge in [0.1, 0.15) is 0 Å². The van der Waals surface area contributed by atoms with E-state index >= 15 is 0 Å². The highest BCUT2D eigenvalue weighted by Gasteiger charge is 2.35. The Hall–Kier alpha value is -1.21. The van der Waals surface area contributed by atoms with Crippen LogP contribution in [0.25, 0.3) is 0 Å². The SMILES string of the molecule is CCC[C@H](N[C@@H]1CC(=O)N[C@H]1CC(=O)O)C(=S)OC. The molecule has 108 valence electrons. The molecule has 3 atom stereocenters. The third kappa shape index (κ3) is 4.76. The highest BCUT2D eigenvalue weighted by molar-refractivity contribution is 7.80. The van der Waals surface area contributed by atoms with Gasteiger partial charge in [0.15, 0.2) is 5.05 Å². The molecule has 1 saturated heterocycles. The van der Waals surface area contributed by atoms with Gasteiger partial charge in [-0.3, -0.25) is 9.59 Å². The minimum absolute atomic E-state index is 0.0952. The lowest BCUT2D eigenvalue weighted by Gasteiger charge is -2.25. The van der Waals surface area contributed by atoms with Crippen LogP contribution in [0.1, 0.15) is 32.6 Å². The second kappa shape index (κ2) is 7.40. The van der Waals surface area contributed by atoms with Gasteiger partial charge >= 0.3 is 5.97 Å². The Kier molecular flexibility index (Phi) is 6.17. The second-order valence-corrected chi connectivity index (χ2v) is 5.02. The standard InChI is InChI=1S/C12H20N2O4S/c1-3-4-7(12(19)18-2)13-8-5-10(15)14-9(8)6-11(16)17/h7-9,13H,3-6H2,1-2H3,(H,14,15)(H,16,17)/t7-,8+,9-/m0/s1. The Morgan fingerprint density at radius 3 is 2.89 bits per heavy atom. The average molecular weight is 288 g/mol. The zero-order valence-electron chi connectivity index (χ0n) is 11.1. The van der Waals surface area contributed by atoms with Crippen molar-refractivity contribution in [2.75, 3.05) is 7.11 Å². The van der Waals surface area contributed by atoms with Gasteiger partial charge in [0, 0.05) is 12.5 Å². The van der Waals surface area contributed by atoms with Gasteiger partial charge in [0.05, 0.1) is 25.6 Å². The van der Waals surface area contributed by atoms with Crippen molar-refractivity contribution in [1.29, 1.82) is 0 Å². The molecule has 3 N–H and O–H groups in total. The first kappa shape index (κ1) is 15.8. The Bertz CT molecular complexity index is 362. The van der Waals surface area contributed by atoms with Crippen LogP contribution in [0, 0.1) is 0 Å². The predicted molar refractivity (Wildman–Crippen MR) is 74.0 cm³/mol. The maximum atomic E-state index is 11.4. The zero-order chi connectivity index (χ0) is 14.4. The van der Waals surface area contributed by atoms with E-state index in [1.165, 1.54) is 7.11 Å². The lowest BCUT2D eigenvalue weighted by atomic mass is 10.0. The van der Waals surface area contributed by atoms with Crippen molar-refractivity contribution in [3.63, 3.8) is 0 Å².